The topological polar surface area (TPSA) is 94.3 Å². The molecule has 1 saturated carbocycles. The summed E-state index contributed by atoms with van der Waals surface area (Å²) in [6, 6.07) is 7.80. The molecule has 0 bridgehead atoms. The molecule has 0 amide bonds. The van der Waals surface area contributed by atoms with Crippen LogP contribution in [0.2, 0.25) is 0 Å². The van der Waals surface area contributed by atoms with Crippen LogP contribution >= 0.6 is 0 Å². The summed E-state index contributed by atoms with van der Waals surface area (Å²) in [6.07, 6.45) is 9.68. The third-order valence-electron chi connectivity index (χ3n) is 5.94. The second-order valence-electron chi connectivity index (χ2n) is 9.07. The number of pyridine rings is 2. The van der Waals surface area contributed by atoms with E-state index in [4.69, 9.17) is 14.6 Å². The summed E-state index contributed by atoms with van der Waals surface area (Å²) in [6.45, 7) is 5.02. The predicted molar refractivity (Wildman–Crippen MR) is 120 cm³/mol. The molecule has 0 spiro atoms. The Labute approximate surface area is 187 Å². The molecule has 8 nitrogen and oxygen atoms in total. The Bertz CT molecular complexity index is 1080. The van der Waals surface area contributed by atoms with E-state index >= 15 is 0 Å². The molecule has 2 N–H and O–H groups in total. The van der Waals surface area contributed by atoms with Crippen molar-refractivity contribution < 1.29 is 14.6 Å². The lowest BCUT2D eigenvalue weighted by molar-refractivity contribution is 0.0785. The van der Waals surface area contributed by atoms with Crippen LogP contribution in [0.3, 0.4) is 0 Å². The third kappa shape index (κ3) is 4.76. The van der Waals surface area contributed by atoms with E-state index < -0.39 is 5.60 Å². The standard InChI is InChI=1S/C24H29N5O3/c1-24(2,30)17-5-9-25-21(13-17)27-22-14-19(6-10-26-22)32-20-15-29(18-3-4-18)28-23(20)16-7-11-31-12-8-16/h5-6,9-10,13-16,18,30H,3-4,7-8,11-12H2,1-2H3,(H,25,26,27). The highest BCUT2D eigenvalue weighted by Gasteiger charge is 2.29. The van der Waals surface area contributed by atoms with Crippen LogP contribution in [-0.2, 0) is 10.3 Å². The van der Waals surface area contributed by atoms with Crippen LogP contribution in [0.4, 0.5) is 11.6 Å². The molecule has 0 radical (unpaired) electrons. The predicted octanol–water partition coefficient (Wildman–Crippen LogP) is 4.67. The maximum Gasteiger partial charge on any atom is 0.168 e. The summed E-state index contributed by atoms with van der Waals surface area (Å²) in [5.41, 5.74) is 0.849. The number of hydrogen-bond donors (Lipinski definition) is 2. The Morgan fingerprint density at radius 2 is 1.78 bits per heavy atom. The number of ether oxygens (including phenoxy) is 2. The van der Waals surface area contributed by atoms with Crippen LogP contribution in [0.1, 0.15) is 62.7 Å². The highest BCUT2D eigenvalue weighted by molar-refractivity contribution is 5.55. The molecule has 8 heteroatoms. The number of hydrogen-bond acceptors (Lipinski definition) is 7. The van der Waals surface area contributed by atoms with Crippen molar-refractivity contribution in [2.24, 2.45) is 0 Å². The molecule has 3 aromatic heterocycles. The van der Waals surface area contributed by atoms with E-state index in [1.54, 1.807) is 32.3 Å². The summed E-state index contributed by atoms with van der Waals surface area (Å²) in [5.74, 6) is 3.07. The van der Waals surface area contributed by atoms with Gasteiger partial charge in [0, 0.05) is 37.6 Å². The highest BCUT2D eigenvalue weighted by atomic mass is 16.5. The van der Waals surface area contributed by atoms with Crippen LogP contribution in [0, 0.1) is 0 Å². The zero-order chi connectivity index (χ0) is 22.1. The second kappa shape index (κ2) is 8.52. The van der Waals surface area contributed by atoms with Crippen molar-refractivity contribution in [1.82, 2.24) is 19.7 Å². The minimum atomic E-state index is -0.944. The van der Waals surface area contributed by atoms with Gasteiger partial charge in [0.15, 0.2) is 5.75 Å². The molecule has 2 aliphatic rings. The van der Waals surface area contributed by atoms with Crippen LogP contribution in [0.5, 0.6) is 11.5 Å². The minimum Gasteiger partial charge on any atom is -0.454 e. The fourth-order valence-electron chi connectivity index (χ4n) is 3.93. The fourth-order valence-corrected chi connectivity index (χ4v) is 3.93. The normalized spacial score (nSPS) is 17.3. The lowest BCUT2D eigenvalue weighted by Crippen LogP contribution is -2.15. The Kier molecular flexibility index (Phi) is 5.57. The molecule has 1 aliphatic heterocycles. The first-order valence-electron chi connectivity index (χ1n) is 11.2. The van der Waals surface area contributed by atoms with Gasteiger partial charge in [-0.15, -0.1) is 0 Å². The molecule has 2 fully saturated rings. The summed E-state index contributed by atoms with van der Waals surface area (Å²) in [5, 5.41) is 18.3. The molecule has 3 aromatic rings. The van der Waals surface area contributed by atoms with E-state index in [9.17, 15) is 5.11 Å². The molecule has 1 aliphatic carbocycles. The van der Waals surface area contributed by atoms with Gasteiger partial charge in [-0.05, 0) is 63.3 Å². The molecule has 5 rings (SSSR count). The van der Waals surface area contributed by atoms with Gasteiger partial charge in [-0.25, -0.2) is 9.97 Å². The first-order chi connectivity index (χ1) is 15.5. The molecule has 4 heterocycles. The van der Waals surface area contributed by atoms with E-state index in [0.717, 1.165) is 43.1 Å². The Balaban J connectivity index is 1.36. The number of aliphatic hydroxyl groups is 1. The van der Waals surface area contributed by atoms with Crippen LogP contribution in [-0.4, -0.2) is 38.1 Å². The van der Waals surface area contributed by atoms with E-state index in [1.165, 1.54) is 12.8 Å². The average molecular weight is 436 g/mol. The molecule has 1 saturated heterocycles. The number of anilines is 2. The minimum absolute atomic E-state index is 0.354. The second-order valence-corrected chi connectivity index (χ2v) is 9.07. The summed E-state index contributed by atoms with van der Waals surface area (Å²) >= 11 is 0. The third-order valence-corrected chi connectivity index (χ3v) is 5.94. The van der Waals surface area contributed by atoms with E-state index in [2.05, 4.69) is 20.0 Å². The van der Waals surface area contributed by atoms with Crippen molar-refractivity contribution in [3.05, 3.63) is 54.1 Å². The fraction of sp³-hybridized carbons (Fsp3) is 0.458. The average Bonchev–Trinajstić information content (AvgIpc) is 3.55. The summed E-state index contributed by atoms with van der Waals surface area (Å²) in [7, 11) is 0. The number of nitrogens with zero attached hydrogens (tertiary/aromatic N) is 4. The van der Waals surface area contributed by atoms with Crippen LogP contribution < -0.4 is 10.1 Å². The number of aromatic nitrogens is 4. The molecule has 168 valence electrons. The van der Waals surface area contributed by atoms with Crippen LogP contribution in [0.15, 0.2) is 42.9 Å². The molecule has 0 atom stereocenters. The molecule has 32 heavy (non-hydrogen) atoms. The monoisotopic (exact) mass is 435 g/mol. The van der Waals surface area contributed by atoms with Crippen molar-refractivity contribution in [2.75, 3.05) is 18.5 Å². The van der Waals surface area contributed by atoms with E-state index in [1.807, 2.05) is 24.4 Å². The van der Waals surface area contributed by atoms with Gasteiger partial charge in [-0.1, -0.05) is 0 Å². The van der Waals surface area contributed by atoms with E-state index in [-0.39, 0.29) is 0 Å². The largest absolute Gasteiger partial charge is 0.454 e. The lowest BCUT2D eigenvalue weighted by Gasteiger charge is -2.21. The Hall–Kier alpha value is -2.97. The number of rotatable bonds is 7. The maximum atomic E-state index is 10.3. The SMILES string of the molecule is CC(C)(O)c1ccnc(Nc2cc(Oc3cn(C4CC4)nc3C3CCOCC3)ccn2)c1. The van der Waals surface area contributed by atoms with Gasteiger partial charge < -0.3 is 19.9 Å². The quantitative estimate of drug-likeness (QED) is 0.557. The Morgan fingerprint density at radius 1 is 1.06 bits per heavy atom. The van der Waals surface area contributed by atoms with Gasteiger partial charge in [0.25, 0.3) is 0 Å². The van der Waals surface area contributed by atoms with Crippen molar-refractivity contribution in [1.29, 1.82) is 0 Å². The van der Waals surface area contributed by atoms with E-state index in [0.29, 0.717) is 29.3 Å². The van der Waals surface area contributed by atoms with Gasteiger partial charge in [0.1, 0.15) is 23.1 Å². The maximum absolute atomic E-state index is 10.3. The van der Waals surface area contributed by atoms with Crippen molar-refractivity contribution in [3.8, 4) is 11.5 Å². The van der Waals surface area contributed by atoms with Gasteiger partial charge >= 0.3 is 0 Å². The first-order valence-corrected chi connectivity index (χ1v) is 11.2. The van der Waals surface area contributed by atoms with Crippen LogP contribution in [0.25, 0.3) is 0 Å². The van der Waals surface area contributed by atoms with Gasteiger partial charge in [-0.2, -0.15) is 5.10 Å². The zero-order valence-corrected chi connectivity index (χ0v) is 18.5. The number of nitrogens with one attached hydrogen (secondary N) is 1. The van der Waals surface area contributed by atoms with Crippen molar-refractivity contribution >= 4 is 11.6 Å². The summed E-state index contributed by atoms with van der Waals surface area (Å²) < 4.78 is 13.9. The smallest absolute Gasteiger partial charge is 0.168 e. The van der Waals surface area contributed by atoms with Gasteiger partial charge in [0.2, 0.25) is 0 Å². The molecular weight excluding hydrogens is 406 g/mol. The van der Waals surface area contributed by atoms with Gasteiger partial charge in [-0.3, -0.25) is 4.68 Å². The lowest BCUT2D eigenvalue weighted by atomic mass is 9.96. The van der Waals surface area contributed by atoms with Gasteiger partial charge in [0.05, 0.1) is 17.8 Å². The zero-order valence-electron chi connectivity index (χ0n) is 18.5. The van der Waals surface area contributed by atoms with Crippen molar-refractivity contribution in [2.45, 2.75) is 57.1 Å². The highest BCUT2D eigenvalue weighted by Crippen LogP contribution is 2.40. The Morgan fingerprint density at radius 3 is 2.50 bits per heavy atom. The molecule has 0 aromatic carbocycles. The van der Waals surface area contributed by atoms with Crippen molar-refractivity contribution in [3.63, 3.8) is 0 Å². The summed E-state index contributed by atoms with van der Waals surface area (Å²) in [4.78, 5) is 8.73. The molecule has 0 unspecified atom stereocenters. The molecular formula is C24H29N5O3. The first kappa shape index (κ1) is 20.9.